The molecule has 0 radical (unpaired) electrons. The molecule has 142 valence electrons. The highest BCUT2D eigenvalue weighted by atomic mass is 35.5. The molecule has 27 heavy (non-hydrogen) atoms. The average Bonchev–Trinajstić information content (AvgIpc) is 2.65. The molecule has 9 heteroatoms. The lowest BCUT2D eigenvalue weighted by Gasteiger charge is -2.09. The molecule has 0 unspecified atom stereocenters. The van der Waals surface area contributed by atoms with E-state index in [1.54, 1.807) is 36.4 Å². The van der Waals surface area contributed by atoms with Gasteiger partial charge in [0.2, 0.25) is 5.91 Å². The largest absolute Gasteiger partial charge is 0.343 e. The van der Waals surface area contributed by atoms with Gasteiger partial charge in [-0.05, 0) is 37.3 Å². The number of thioether (sulfide) groups is 1. The second kappa shape index (κ2) is 10.2. The maximum Gasteiger partial charge on any atom is 0.257 e. The molecule has 0 aliphatic rings. The summed E-state index contributed by atoms with van der Waals surface area (Å²) in [4.78, 5) is 36.2. The van der Waals surface area contributed by atoms with E-state index in [2.05, 4.69) is 16.2 Å². The molecule has 0 saturated heterocycles. The van der Waals surface area contributed by atoms with Crippen LogP contribution in [0.15, 0.2) is 47.4 Å². The maximum absolute atomic E-state index is 12.0. The molecule has 0 bridgehead atoms. The summed E-state index contributed by atoms with van der Waals surface area (Å²) in [6, 6.07) is 11.9. The van der Waals surface area contributed by atoms with Crippen molar-refractivity contribution in [2.45, 2.75) is 11.8 Å². The molecule has 0 saturated carbocycles. The molecule has 0 aliphatic carbocycles. The Kier molecular flexibility index (Phi) is 7.97. The molecule has 2 aromatic rings. The van der Waals surface area contributed by atoms with E-state index in [9.17, 15) is 14.4 Å². The number of hydrogen-bond donors (Lipinski definition) is 3. The van der Waals surface area contributed by atoms with E-state index in [0.29, 0.717) is 20.5 Å². The summed E-state index contributed by atoms with van der Waals surface area (Å²) >= 11 is 13.1. The number of halogens is 2. The van der Waals surface area contributed by atoms with Gasteiger partial charge in [-0.1, -0.05) is 40.9 Å². The Hall–Kier alpha value is -2.22. The highest BCUT2D eigenvalue weighted by Gasteiger charge is 2.10. The highest BCUT2D eigenvalue weighted by Crippen LogP contribution is 2.29. The van der Waals surface area contributed by atoms with E-state index in [1.165, 1.54) is 11.8 Å². The van der Waals surface area contributed by atoms with E-state index in [-0.39, 0.29) is 18.2 Å². The maximum atomic E-state index is 12.0. The van der Waals surface area contributed by atoms with Gasteiger partial charge in [0.25, 0.3) is 11.8 Å². The van der Waals surface area contributed by atoms with Crippen LogP contribution in [0.3, 0.4) is 0 Å². The fourth-order valence-electron chi connectivity index (χ4n) is 2.00. The zero-order valence-corrected chi connectivity index (χ0v) is 16.7. The first kappa shape index (κ1) is 21.1. The van der Waals surface area contributed by atoms with E-state index in [4.69, 9.17) is 23.2 Å². The van der Waals surface area contributed by atoms with Gasteiger partial charge in [0.1, 0.15) is 0 Å². The SMILES string of the molecule is Cc1cccc(C(=O)NCC(=O)NNC(=O)CSc2cc(Cl)ccc2Cl)c1. The van der Waals surface area contributed by atoms with Crippen LogP contribution in [0.2, 0.25) is 10.0 Å². The fraction of sp³-hybridized carbons (Fsp3) is 0.167. The molecule has 6 nitrogen and oxygen atoms in total. The van der Waals surface area contributed by atoms with Gasteiger partial charge in [0, 0.05) is 15.5 Å². The molecule has 0 aromatic heterocycles. The van der Waals surface area contributed by atoms with Gasteiger partial charge in [-0.15, -0.1) is 11.8 Å². The fourth-order valence-corrected chi connectivity index (χ4v) is 3.29. The smallest absolute Gasteiger partial charge is 0.257 e. The number of carbonyl (C=O) groups is 3. The Balaban J connectivity index is 1.71. The molecule has 3 N–H and O–H groups in total. The summed E-state index contributed by atoms with van der Waals surface area (Å²) in [6.07, 6.45) is 0. The van der Waals surface area contributed by atoms with Crippen LogP contribution in [-0.4, -0.2) is 30.0 Å². The summed E-state index contributed by atoms with van der Waals surface area (Å²) < 4.78 is 0. The number of nitrogens with one attached hydrogen (secondary N) is 3. The van der Waals surface area contributed by atoms with Gasteiger partial charge < -0.3 is 5.32 Å². The average molecular weight is 426 g/mol. The van der Waals surface area contributed by atoms with Crippen LogP contribution >= 0.6 is 35.0 Å². The predicted octanol–water partition coefficient (Wildman–Crippen LogP) is 2.97. The van der Waals surface area contributed by atoms with Crippen LogP contribution in [0, 0.1) is 6.92 Å². The quantitative estimate of drug-likeness (QED) is 0.490. The van der Waals surface area contributed by atoms with Crippen molar-refractivity contribution in [3.8, 4) is 0 Å². The Bertz CT molecular complexity index is 861. The summed E-state index contributed by atoms with van der Waals surface area (Å²) in [5.41, 5.74) is 5.91. The van der Waals surface area contributed by atoms with Crippen LogP contribution in [0.25, 0.3) is 0 Å². The third kappa shape index (κ3) is 7.13. The molecule has 0 spiro atoms. The molecular weight excluding hydrogens is 409 g/mol. The van der Waals surface area contributed by atoms with E-state index in [0.717, 1.165) is 5.56 Å². The molecule has 2 aromatic carbocycles. The van der Waals surface area contributed by atoms with Crippen molar-refractivity contribution in [3.63, 3.8) is 0 Å². The molecule has 2 rings (SSSR count). The zero-order valence-electron chi connectivity index (χ0n) is 14.3. The molecule has 0 heterocycles. The number of aryl methyl sites for hydroxylation is 1. The number of hydrazine groups is 1. The van der Waals surface area contributed by atoms with Gasteiger partial charge in [-0.25, -0.2) is 0 Å². The second-order valence-corrected chi connectivity index (χ2v) is 7.37. The summed E-state index contributed by atoms with van der Waals surface area (Å²) in [7, 11) is 0. The molecule has 3 amide bonds. The standard InChI is InChI=1S/C18H17Cl2N3O3S/c1-11-3-2-4-12(7-11)18(26)21-9-16(24)22-23-17(25)10-27-15-8-13(19)5-6-14(15)20/h2-8H,9-10H2,1H3,(H,21,26)(H,22,24)(H,23,25). The van der Waals surface area contributed by atoms with Gasteiger partial charge in [-0.3, -0.25) is 25.2 Å². The first-order valence-electron chi connectivity index (χ1n) is 7.85. The number of hydrogen-bond acceptors (Lipinski definition) is 4. The summed E-state index contributed by atoms with van der Waals surface area (Å²) in [5, 5.41) is 3.48. The van der Waals surface area contributed by atoms with Crippen LogP contribution < -0.4 is 16.2 Å². The minimum atomic E-state index is -0.546. The van der Waals surface area contributed by atoms with Crippen LogP contribution in [-0.2, 0) is 9.59 Å². The van der Waals surface area contributed by atoms with Gasteiger partial charge in [0.05, 0.1) is 17.3 Å². The van der Waals surface area contributed by atoms with E-state index in [1.807, 2.05) is 13.0 Å². The lowest BCUT2D eigenvalue weighted by atomic mass is 10.1. The molecule has 0 atom stereocenters. The zero-order chi connectivity index (χ0) is 19.8. The Labute approximate surface area is 171 Å². The first-order valence-corrected chi connectivity index (χ1v) is 9.59. The Morgan fingerprint density at radius 3 is 2.48 bits per heavy atom. The van der Waals surface area contributed by atoms with E-state index >= 15 is 0 Å². The minimum Gasteiger partial charge on any atom is -0.343 e. The molecular formula is C18H17Cl2N3O3S. The van der Waals surface area contributed by atoms with Crippen LogP contribution in [0.1, 0.15) is 15.9 Å². The summed E-state index contributed by atoms with van der Waals surface area (Å²) in [6.45, 7) is 1.61. The van der Waals surface area contributed by atoms with E-state index < -0.39 is 11.8 Å². The highest BCUT2D eigenvalue weighted by molar-refractivity contribution is 8.00. The summed E-state index contributed by atoms with van der Waals surface area (Å²) in [5.74, 6) is -1.30. The minimum absolute atomic E-state index is 0.0377. The number of benzene rings is 2. The molecule has 0 fully saturated rings. The van der Waals surface area contributed by atoms with Gasteiger partial charge in [-0.2, -0.15) is 0 Å². The van der Waals surface area contributed by atoms with Crippen molar-refractivity contribution in [3.05, 3.63) is 63.6 Å². The van der Waals surface area contributed by atoms with Crippen molar-refractivity contribution in [2.24, 2.45) is 0 Å². The van der Waals surface area contributed by atoms with Crippen molar-refractivity contribution in [1.29, 1.82) is 0 Å². The third-order valence-electron chi connectivity index (χ3n) is 3.28. The van der Waals surface area contributed by atoms with Crippen molar-refractivity contribution in [1.82, 2.24) is 16.2 Å². The molecule has 0 aliphatic heterocycles. The van der Waals surface area contributed by atoms with Crippen molar-refractivity contribution >= 4 is 52.7 Å². The van der Waals surface area contributed by atoms with Gasteiger partial charge >= 0.3 is 0 Å². The van der Waals surface area contributed by atoms with Crippen molar-refractivity contribution in [2.75, 3.05) is 12.3 Å². The van der Waals surface area contributed by atoms with Crippen LogP contribution in [0.5, 0.6) is 0 Å². The predicted molar refractivity (Wildman–Crippen MR) is 107 cm³/mol. The third-order valence-corrected chi connectivity index (χ3v) is 5.02. The van der Waals surface area contributed by atoms with Crippen LogP contribution in [0.4, 0.5) is 0 Å². The Morgan fingerprint density at radius 1 is 1.00 bits per heavy atom. The van der Waals surface area contributed by atoms with Crippen molar-refractivity contribution < 1.29 is 14.4 Å². The Morgan fingerprint density at radius 2 is 1.74 bits per heavy atom. The number of amides is 3. The second-order valence-electron chi connectivity index (χ2n) is 5.51. The monoisotopic (exact) mass is 425 g/mol. The van der Waals surface area contributed by atoms with Gasteiger partial charge in [0.15, 0.2) is 0 Å². The first-order chi connectivity index (χ1) is 12.8. The lowest BCUT2D eigenvalue weighted by molar-refractivity contribution is -0.127. The number of rotatable bonds is 6. The number of carbonyl (C=O) groups excluding carboxylic acids is 3. The lowest BCUT2D eigenvalue weighted by Crippen LogP contribution is -2.46. The normalized spacial score (nSPS) is 10.2. The topological polar surface area (TPSA) is 87.3 Å².